The molecule has 1 aromatic heterocycles. The quantitative estimate of drug-likeness (QED) is 0.791. The Morgan fingerprint density at radius 3 is 2.70 bits per heavy atom. The number of hydrogen-bond donors (Lipinski definition) is 1. The van der Waals surface area contributed by atoms with Crippen LogP contribution < -0.4 is 14.8 Å². The van der Waals surface area contributed by atoms with Crippen molar-refractivity contribution in [1.82, 2.24) is 5.32 Å². The molecule has 3 nitrogen and oxygen atoms in total. The van der Waals surface area contributed by atoms with E-state index in [2.05, 4.69) is 23.7 Å². The molecule has 0 aliphatic heterocycles. The van der Waals surface area contributed by atoms with Crippen LogP contribution in [0, 0.1) is 13.8 Å². The molecule has 0 atom stereocenters. The Labute approximate surface area is 124 Å². The molecule has 0 amide bonds. The number of rotatable bonds is 7. The van der Waals surface area contributed by atoms with Gasteiger partial charge in [-0.2, -0.15) is 0 Å². The molecule has 20 heavy (non-hydrogen) atoms. The molecule has 108 valence electrons. The Hall–Kier alpha value is -1.52. The summed E-state index contributed by atoms with van der Waals surface area (Å²) in [4.78, 5) is 1.39. The van der Waals surface area contributed by atoms with E-state index in [1.54, 1.807) is 18.4 Å². The first kappa shape index (κ1) is 14.9. The van der Waals surface area contributed by atoms with Gasteiger partial charge in [0.05, 0.1) is 7.11 Å². The van der Waals surface area contributed by atoms with Crippen LogP contribution >= 0.6 is 11.3 Å². The zero-order valence-electron chi connectivity index (χ0n) is 12.2. The van der Waals surface area contributed by atoms with Crippen LogP contribution in [0.1, 0.15) is 16.0 Å². The van der Waals surface area contributed by atoms with Crippen LogP contribution in [0.15, 0.2) is 29.6 Å². The van der Waals surface area contributed by atoms with Crippen molar-refractivity contribution in [2.24, 2.45) is 0 Å². The van der Waals surface area contributed by atoms with E-state index >= 15 is 0 Å². The third-order valence-corrected chi connectivity index (χ3v) is 4.13. The van der Waals surface area contributed by atoms with Gasteiger partial charge in [-0.1, -0.05) is 6.07 Å². The van der Waals surface area contributed by atoms with Crippen molar-refractivity contribution in [2.45, 2.75) is 20.4 Å². The van der Waals surface area contributed by atoms with Gasteiger partial charge in [0.25, 0.3) is 0 Å². The third-order valence-electron chi connectivity index (χ3n) is 3.11. The summed E-state index contributed by atoms with van der Waals surface area (Å²) in [5.74, 6) is 1.59. The Bertz CT molecular complexity index is 551. The van der Waals surface area contributed by atoms with Crippen LogP contribution in [-0.2, 0) is 6.54 Å². The standard InChI is InChI=1S/C16H21NO2S/c1-12-4-5-14(15(10-12)18-3)19-8-7-17-11-16-13(2)6-9-20-16/h4-6,9-10,17H,7-8,11H2,1-3H3. The molecule has 2 aromatic rings. The van der Waals surface area contributed by atoms with Crippen molar-refractivity contribution >= 4 is 11.3 Å². The van der Waals surface area contributed by atoms with Crippen LogP contribution in [0.25, 0.3) is 0 Å². The number of methoxy groups -OCH3 is 1. The van der Waals surface area contributed by atoms with Gasteiger partial charge >= 0.3 is 0 Å². The predicted molar refractivity (Wildman–Crippen MR) is 84.0 cm³/mol. The molecule has 2 rings (SSSR count). The summed E-state index contributed by atoms with van der Waals surface area (Å²) in [6.07, 6.45) is 0. The van der Waals surface area contributed by atoms with E-state index in [1.807, 2.05) is 25.1 Å². The molecule has 0 aliphatic carbocycles. The first-order valence-electron chi connectivity index (χ1n) is 6.72. The molecule has 0 radical (unpaired) electrons. The lowest BCUT2D eigenvalue weighted by Crippen LogP contribution is -2.20. The lowest BCUT2D eigenvalue weighted by molar-refractivity contribution is 0.292. The number of ether oxygens (including phenoxy) is 2. The van der Waals surface area contributed by atoms with E-state index in [0.29, 0.717) is 6.61 Å². The second kappa shape index (κ2) is 7.31. The molecule has 4 heteroatoms. The van der Waals surface area contributed by atoms with Crippen LogP contribution in [0.3, 0.4) is 0 Å². The molecule has 0 saturated heterocycles. The summed E-state index contributed by atoms with van der Waals surface area (Å²) in [5, 5.41) is 5.52. The molecule has 0 unspecified atom stereocenters. The third kappa shape index (κ3) is 3.99. The summed E-state index contributed by atoms with van der Waals surface area (Å²) in [6.45, 7) is 6.52. The molecule has 0 spiro atoms. The zero-order chi connectivity index (χ0) is 14.4. The largest absolute Gasteiger partial charge is 0.493 e. The van der Waals surface area contributed by atoms with Gasteiger partial charge in [-0.25, -0.2) is 0 Å². The topological polar surface area (TPSA) is 30.5 Å². The average molecular weight is 291 g/mol. The summed E-state index contributed by atoms with van der Waals surface area (Å²) in [7, 11) is 1.67. The summed E-state index contributed by atoms with van der Waals surface area (Å²) in [6, 6.07) is 8.12. The van der Waals surface area contributed by atoms with E-state index < -0.39 is 0 Å². The van der Waals surface area contributed by atoms with Crippen molar-refractivity contribution in [3.63, 3.8) is 0 Å². The normalized spacial score (nSPS) is 10.6. The van der Waals surface area contributed by atoms with E-state index in [4.69, 9.17) is 9.47 Å². The Balaban J connectivity index is 1.75. The molecule has 1 N–H and O–H groups in total. The summed E-state index contributed by atoms with van der Waals surface area (Å²) >= 11 is 1.79. The van der Waals surface area contributed by atoms with Crippen molar-refractivity contribution in [3.8, 4) is 11.5 Å². The molecule has 0 aliphatic rings. The molecule has 0 fully saturated rings. The minimum absolute atomic E-state index is 0.629. The Morgan fingerprint density at radius 1 is 1.15 bits per heavy atom. The number of nitrogens with one attached hydrogen (secondary N) is 1. The highest BCUT2D eigenvalue weighted by Gasteiger charge is 2.04. The van der Waals surface area contributed by atoms with Crippen LogP contribution in [0.2, 0.25) is 0 Å². The molecule has 0 saturated carbocycles. The first-order valence-corrected chi connectivity index (χ1v) is 7.60. The maximum Gasteiger partial charge on any atom is 0.161 e. The lowest BCUT2D eigenvalue weighted by atomic mass is 10.2. The highest BCUT2D eigenvalue weighted by Crippen LogP contribution is 2.27. The Kier molecular flexibility index (Phi) is 5.44. The van der Waals surface area contributed by atoms with Gasteiger partial charge in [-0.05, 0) is 48.6 Å². The van der Waals surface area contributed by atoms with Crippen molar-refractivity contribution in [1.29, 1.82) is 0 Å². The van der Waals surface area contributed by atoms with E-state index in [9.17, 15) is 0 Å². The van der Waals surface area contributed by atoms with Crippen LogP contribution in [0.5, 0.6) is 11.5 Å². The van der Waals surface area contributed by atoms with Crippen molar-refractivity contribution < 1.29 is 9.47 Å². The number of hydrogen-bond acceptors (Lipinski definition) is 4. The maximum atomic E-state index is 5.75. The molecular formula is C16H21NO2S. The van der Waals surface area contributed by atoms with Gasteiger partial charge in [-0.3, -0.25) is 0 Å². The van der Waals surface area contributed by atoms with E-state index in [0.717, 1.165) is 24.6 Å². The van der Waals surface area contributed by atoms with Crippen LogP contribution in [-0.4, -0.2) is 20.3 Å². The van der Waals surface area contributed by atoms with Crippen molar-refractivity contribution in [2.75, 3.05) is 20.3 Å². The highest BCUT2D eigenvalue weighted by atomic mass is 32.1. The molecular weight excluding hydrogens is 270 g/mol. The first-order chi connectivity index (χ1) is 9.70. The van der Waals surface area contributed by atoms with Gasteiger partial charge in [0.2, 0.25) is 0 Å². The van der Waals surface area contributed by atoms with E-state index in [-0.39, 0.29) is 0 Å². The lowest BCUT2D eigenvalue weighted by Gasteiger charge is -2.11. The van der Waals surface area contributed by atoms with Gasteiger partial charge in [0, 0.05) is 18.0 Å². The van der Waals surface area contributed by atoms with E-state index in [1.165, 1.54) is 16.0 Å². The minimum Gasteiger partial charge on any atom is -0.493 e. The second-order valence-corrected chi connectivity index (χ2v) is 5.71. The fourth-order valence-corrected chi connectivity index (χ4v) is 2.79. The summed E-state index contributed by atoms with van der Waals surface area (Å²) < 4.78 is 11.1. The fraction of sp³-hybridized carbons (Fsp3) is 0.375. The van der Waals surface area contributed by atoms with Crippen LogP contribution in [0.4, 0.5) is 0 Å². The molecule has 1 aromatic carbocycles. The number of aryl methyl sites for hydroxylation is 2. The summed E-state index contributed by atoms with van der Waals surface area (Å²) in [5.41, 5.74) is 2.52. The monoisotopic (exact) mass is 291 g/mol. The van der Waals surface area contributed by atoms with Gasteiger partial charge in [-0.15, -0.1) is 11.3 Å². The van der Waals surface area contributed by atoms with Gasteiger partial charge in [0.15, 0.2) is 11.5 Å². The van der Waals surface area contributed by atoms with Gasteiger partial charge < -0.3 is 14.8 Å². The second-order valence-electron chi connectivity index (χ2n) is 4.71. The van der Waals surface area contributed by atoms with Gasteiger partial charge in [0.1, 0.15) is 6.61 Å². The minimum atomic E-state index is 0.629. The zero-order valence-corrected chi connectivity index (χ0v) is 13.0. The predicted octanol–water partition coefficient (Wildman–Crippen LogP) is 3.54. The smallest absolute Gasteiger partial charge is 0.161 e. The molecule has 1 heterocycles. The number of benzene rings is 1. The average Bonchev–Trinajstić information content (AvgIpc) is 2.85. The number of thiophene rings is 1. The Morgan fingerprint density at radius 2 is 2.00 bits per heavy atom. The molecule has 0 bridgehead atoms. The fourth-order valence-electron chi connectivity index (χ4n) is 1.91. The maximum absolute atomic E-state index is 5.75. The highest BCUT2D eigenvalue weighted by molar-refractivity contribution is 7.10. The SMILES string of the molecule is COc1cc(C)ccc1OCCNCc1sccc1C. The van der Waals surface area contributed by atoms with Crippen molar-refractivity contribution in [3.05, 3.63) is 45.6 Å².